The first-order valence-electron chi connectivity index (χ1n) is 7.65. The molecule has 1 heterocycles. The number of aromatic nitrogens is 2. The van der Waals surface area contributed by atoms with Gasteiger partial charge in [-0.15, -0.1) is 0 Å². The Kier molecular flexibility index (Phi) is 4.28. The highest BCUT2D eigenvalue weighted by Crippen LogP contribution is 2.20. The van der Waals surface area contributed by atoms with Gasteiger partial charge < -0.3 is 10.1 Å². The molecule has 118 valence electrons. The molecule has 1 amide bonds. The van der Waals surface area contributed by atoms with Gasteiger partial charge in [-0.05, 0) is 37.6 Å². The van der Waals surface area contributed by atoms with Crippen LogP contribution in [-0.4, -0.2) is 22.7 Å². The third-order valence-electron chi connectivity index (χ3n) is 3.70. The van der Waals surface area contributed by atoms with Crippen LogP contribution >= 0.6 is 0 Å². The second-order valence-electron chi connectivity index (χ2n) is 5.32. The van der Waals surface area contributed by atoms with E-state index in [-0.39, 0.29) is 11.9 Å². The minimum Gasteiger partial charge on any atom is -0.494 e. The smallest absolute Gasteiger partial charge is 0.272 e. The fourth-order valence-corrected chi connectivity index (χ4v) is 2.53. The van der Waals surface area contributed by atoms with Crippen molar-refractivity contribution in [3.05, 3.63) is 59.8 Å². The number of rotatable bonds is 5. The topological polar surface area (TPSA) is 67.0 Å². The van der Waals surface area contributed by atoms with Crippen molar-refractivity contribution in [1.82, 2.24) is 15.5 Å². The van der Waals surface area contributed by atoms with Crippen LogP contribution in [0.4, 0.5) is 0 Å². The zero-order valence-electron chi connectivity index (χ0n) is 13.2. The average Bonchev–Trinajstić information content (AvgIpc) is 2.99. The summed E-state index contributed by atoms with van der Waals surface area (Å²) in [5, 5.41) is 10.8. The van der Waals surface area contributed by atoms with Crippen LogP contribution < -0.4 is 10.1 Å². The highest BCUT2D eigenvalue weighted by Gasteiger charge is 2.17. The summed E-state index contributed by atoms with van der Waals surface area (Å²) in [5.74, 6) is 0.605. The van der Waals surface area contributed by atoms with Gasteiger partial charge in [-0.25, -0.2) is 0 Å². The number of nitrogens with zero attached hydrogens (tertiary/aromatic N) is 1. The first-order chi connectivity index (χ1) is 11.2. The van der Waals surface area contributed by atoms with E-state index in [1.165, 1.54) is 0 Å². The fraction of sp³-hybridized carbons (Fsp3) is 0.222. The summed E-state index contributed by atoms with van der Waals surface area (Å²) < 4.78 is 5.50. The van der Waals surface area contributed by atoms with Crippen molar-refractivity contribution in [3.8, 4) is 5.75 Å². The standard InChI is InChI=1S/C18H19N3O2/c1-3-23-14-8-6-7-13(11-14)12(2)19-18(22)17-15-9-4-5-10-16(15)20-21-17/h4-12H,3H2,1-2H3,(H,19,22)(H,20,21)/t12-/m1/s1. The number of ether oxygens (including phenoxy) is 1. The van der Waals surface area contributed by atoms with E-state index >= 15 is 0 Å². The molecule has 0 bridgehead atoms. The SMILES string of the molecule is CCOc1cccc([C@@H](C)NC(=O)c2n[nH]c3ccccc23)c1. The van der Waals surface area contributed by atoms with Gasteiger partial charge in [-0.1, -0.05) is 30.3 Å². The lowest BCUT2D eigenvalue weighted by Gasteiger charge is -2.15. The molecule has 0 radical (unpaired) electrons. The molecule has 1 atom stereocenters. The number of hydrogen-bond acceptors (Lipinski definition) is 3. The number of fused-ring (bicyclic) bond motifs is 1. The molecule has 2 aromatic carbocycles. The first-order valence-corrected chi connectivity index (χ1v) is 7.65. The first kappa shape index (κ1) is 15.1. The Bertz CT molecular complexity index is 826. The Morgan fingerprint density at radius 1 is 1.26 bits per heavy atom. The lowest BCUT2D eigenvalue weighted by Crippen LogP contribution is -2.27. The number of H-pyrrole nitrogens is 1. The van der Waals surface area contributed by atoms with E-state index in [4.69, 9.17) is 4.74 Å². The van der Waals surface area contributed by atoms with Gasteiger partial charge in [0.2, 0.25) is 0 Å². The largest absolute Gasteiger partial charge is 0.494 e. The maximum atomic E-state index is 12.5. The van der Waals surface area contributed by atoms with Crippen LogP contribution in [0.2, 0.25) is 0 Å². The molecule has 23 heavy (non-hydrogen) atoms. The van der Waals surface area contributed by atoms with E-state index in [0.29, 0.717) is 12.3 Å². The monoisotopic (exact) mass is 309 g/mol. The summed E-state index contributed by atoms with van der Waals surface area (Å²) in [5.41, 5.74) is 2.25. The van der Waals surface area contributed by atoms with E-state index in [0.717, 1.165) is 22.2 Å². The molecule has 3 rings (SSSR count). The van der Waals surface area contributed by atoms with Gasteiger partial charge in [0.1, 0.15) is 5.75 Å². The lowest BCUT2D eigenvalue weighted by atomic mass is 10.1. The van der Waals surface area contributed by atoms with E-state index in [1.807, 2.05) is 62.4 Å². The van der Waals surface area contributed by atoms with Crippen LogP contribution in [0.15, 0.2) is 48.5 Å². The summed E-state index contributed by atoms with van der Waals surface area (Å²) in [6.07, 6.45) is 0. The van der Waals surface area contributed by atoms with Gasteiger partial charge in [0.25, 0.3) is 5.91 Å². The number of para-hydroxylation sites is 1. The van der Waals surface area contributed by atoms with Crippen molar-refractivity contribution in [2.75, 3.05) is 6.61 Å². The van der Waals surface area contributed by atoms with E-state index < -0.39 is 0 Å². The van der Waals surface area contributed by atoms with Crippen LogP contribution in [-0.2, 0) is 0 Å². The van der Waals surface area contributed by atoms with Crippen molar-refractivity contribution in [3.63, 3.8) is 0 Å². The minimum atomic E-state index is -0.197. The summed E-state index contributed by atoms with van der Waals surface area (Å²) in [4.78, 5) is 12.5. The maximum absolute atomic E-state index is 12.5. The Balaban J connectivity index is 1.78. The third-order valence-corrected chi connectivity index (χ3v) is 3.70. The van der Waals surface area contributed by atoms with Crippen LogP contribution in [0.1, 0.15) is 35.9 Å². The second-order valence-corrected chi connectivity index (χ2v) is 5.32. The van der Waals surface area contributed by atoms with Gasteiger partial charge in [0, 0.05) is 5.39 Å². The zero-order valence-corrected chi connectivity index (χ0v) is 13.2. The van der Waals surface area contributed by atoms with Gasteiger partial charge in [0.15, 0.2) is 5.69 Å². The number of carbonyl (C=O) groups excluding carboxylic acids is 1. The van der Waals surface area contributed by atoms with E-state index in [2.05, 4.69) is 15.5 Å². The Morgan fingerprint density at radius 3 is 2.91 bits per heavy atom. The van der Waals surface area contributed by atoms with E-state index in [9.17, 15) is 4.79 Å². The summed E-state index contributed by atoms with van der Waals surface area (Å²) >= 11 is 0. The third kappa shape index (κ3) is 3.18. The number of hydrogen-bond donors (Lipinski definition) is 2. The molecule has 5 nitrogen and oxygen atoms in total. The summed E-state index contributed by atoms with van der Waals surface area (Å²) in [6.45, 7) is 4.50. The van der Waals surface area contributed by atoms with Crippen molar-refractivity contribution < 1.29 is 9.53 Å². The Morgan fingerprint density at radius 2 is 2.09 bits per heavy atom. The van der Waals surface area contributed by atoms with Crippen molar-refractivity contribution in [2.45, 2.75) is 19.9 Å². The number of amides is 1. The predicted molar refractivity (Wildman–Crippen MR) is 89.6 cm³/mol. The van der Waals surface area contributed by atoms with Gasteiger partial charge in [-0.3, -0.25) is 9.89 Å². The maximum Gasteiger partial charge on any atom is 0.272 e. The molecule has 0 aliphatic carbocycles. The van der Waals surface area contributed by atoms with Gasteiger partial charge >= 0.3 is 0 Å². The summed E-state index contributed by atoms with van der Waals surface area (Å²) in [7, 11) is 0. The molecule has 3 aromatic rings. The predicted octanol–water partition coefficient (Wildman–Crippen LogP) is 3.45. The molecule has 2 N–H and O–H groups in total. The molecule has 0 aliphatic rings. The molecule has 1 aromatic heterocycles. The number of carbonyl (C=O) groups is 1. The van der Waals surface area contributed by atoms with Crippen LogP contribution in [0, 0.1) is 0 Å². The zero-order chi connectivity index (χ0) is 16.2. The number of benzene rings is 2. The number of aromatic amines is 1. The van der Waals surface area contributed by atoms with E-state index in [1.54, 1.807) is 0 Å². The van der Waals surface area contributed by atoms with Gasteiger partial charge in [0.05, 0.1) is 18.2 Å². The normalized spacial score (nSPS) is 12.1. The number of nitrogens with one attached hydrogen (secondary N) is 2. The average molecular weight is 309 g/mol. The van der Waals surface area contributed by atoms with Crippen molar-refractivity contribution >= 4 is 16.8 Å². The second kappa shape index (κ2) is 6.52. The molecular formula is C18H19N3O2. The summed E-state index contributed by atoms with van der Waals surface area (Å²) in [6, 6.07) is 15.2. The minimum absolute atomic E-state index is 0.140. The van der Waals surface area contributed by atoms with Crippen LogP contribution in [0.3, 0.4) is 0 Å². The molecule has 0 saturated carbocycles. The Labute approximate surface area is 134 Å². The molecule has 0 saturated heterocycles. The van der Waals surface area contributed by atoms with Gasteiger partial charge in [-0.2, -0.15) is 5.10 Å². The van der Waals surface area contributed by atoms with Crippen LogP contribution in [0.25, 0.3) is 10.9 Å². The fourth-order valence-electron chi connectivity index (χ4n) is 2.53. The van der Waals surface area contributed by atoms with Crippen LogP contribution in [0.5, 0.6) is 5.75 Å². The van der Waals surface area contributed by atoms with Crippen molar-refractivity contribution in [1.29, 1.82) is 0 Å². The highest BCUT2D eigenvalue weighted by atomic mass is 16.5. The Hall–Kier alpha value is -2.82. The molecule has 0 aliphatic heterocycles. The highest BCUT2D eigenvalue weighted by molar-refractivity contribution is 6.04. The van der Waals surface area contributed by atoms with Crippen molar-refractivity contribution in [2.24, 2.45) is 0 Å². The molecular weight excluding hydrogens is 290 g/mol. The molecule has 0 spiro atoms. The molecule has 5 heteroatoms. The quantitative estimate of drug-likeness (QED) is 0.758. The molecule has 0 unspecified atom stereocenters. The lowest BCUT2D eigenvalue weighted by molar-refractivity contribution is 0.0936. The molecule has 0 fully saturated rings.